The van der Waals surface area contributed by atoms with Crippen molar-refractivity contribution in [1.82, 2.24) is 4.98 Å². The lowest BCUT2D eigenvalue weighted by molar-refractivity contribution is -0.118. The Morgan fingerprint density at radius 1 is 1.07 bits per heavy atom. The summed E-state index contributed by atoms with van der Waals surface area (Å²) in [5, 5.41) is 0.971. The molecule has 0 aliphatic heterocycles. The van der Waals surface area contributed by atoms with Crippen LogP contribution in [0.4, 0.5) is 5.69 Å². The zero-order valence-electron chi connectivity index (χ0n) is 16.4. The molecular formula is C23H26N2O2. The molecule has 0 bridgehead atoms. The smallest absolute Gasteiger partial charge is 0.253 e. The van der Waals surface area contributed by atoms with Crippen molar-refractivity contribution in [2.45, 2.75) is 47.1 Å². The van der Waals surface area contributed by atoms with Gasteiger partial charge in [-0.3, -0.25) is 9.59 Å². The number of aromatic amines is 1. The van der Waals surface area contributed by atoms with Gasteiger partial charge in [-0.15, -0.1) is 0 Å². The van der Waals surface area contributed by atoms with Crippen LogP contribution in [0.3, 0.4) is 0 Å². The van der Waals surface area contributed by atoms with Crippen molar-refractivity contribution in [3.05, 3.63) is 75.1 Å². The zero-order valence-corrected chi connectivity index (χ0v) is 16.4. The minimum Gasteiger partial charge on any atom is -0.322 e. The summed E-state index contributed by atoms with van der Waals surface area (Å²) in [4.78, 5) is 30.2. The van der Waals surface area contributed by atoms with Crippen molar-refractivity contribution in [2.24, 2.45) is 0 Å². The van der Waals surface area contributed by atoms with Crippen LogP contribution in [0.15, 0.2) is 47.3 Å². The molecule has 0 saturated carbocycles. The van der Waals surface area contributed by atoms with Gasteiger partial charge in [-0.25, -0.2) is 0 Å². The number of hydrogen-bond donors (Lipinski definition) is 1. The number of benzene rings is 2. The van der Waals surface area contributed by atoms with E-state index in [0.29, 0.717) is 12.0 Å². The summed E-state index contributed by atoms with van der Waals surface area (Å²) in [5.41, 5.74) is 5.43. The van der Waals surface area contributed by atoms with Crippen LogP contribution in [0, 0.1) is 20.8 Å². The number of nitrogens with one attached hydrogen (secondary N) is 1. The fourth-order valence-electron chi connectivity index (χ4n) is 3.33. The van der Waals surface area contributed by atoms with Crippen LogP contribution < -0.4 is 10.5 Å². The molecule has 0 saturated heterocycles. The van der Waals surface area contributed by atoms with Gasteiger partial charge in [0.2, 0.25) is 5.91 Å². The monoisotopic (exact) mass is 362 g/mol. The molecule has 0 aliphatic rings. The number of H-pyrrole nitrogens is 1. The second-order valence-electron chi connectivity index (χ2n) is 7.16. The summed E-state index contributed by atoms with van der Waals surface area (Å²) in [7, 11) is 0. The minimum atomic E-state index is -0.146. The summed E-state index contributed by atoms with van der Waals surface area (Å²) in [5.74, 6) is 0.0367. The van der Waals surface area contributed by atoms with E-state index in [1.54, 1.807) is 4.90 Å². The third-order valence-electron chi connectivity index (χ3n) is 5.04. The lowest BCUT2D eigenvalue weighted by Gasteiger charge is -2.25. The number of rotatable bonds is 5. The first-order valence-electron chi connectivity index (χ1n) is 9.40. The van der Waals surface area contributed by atoms with Crippen molar-refractivity contribution >= 4 is 22.5 Å². The van der Waals surface area contributed by atoms with Gasteiger partial charge in [-0.05, 0) is 67.5 Å². The molecule has 0 fully saturated rings. The maximum absolute atomic E-state index is 12.8. The van der Waals surface area contributed by atoms with Crippen LogP contribution in [-0.2, 0) is 11.3 Å². The second-order valence-corrected chi connectivity index (χ2v) is 7.16. The molecule has 0 atom stereocenters. The predicted octanol–water partition coefficient (Wildman–Crippen LogP) is 4.79. The lowest BCUT2D eigenvalue weighted by Crippen LogP contribution is -2.33. The Morgan fingerprint density at radius 3 is 2.59 bits per heavy atom. The Balaban J connectivity index is 2.06. The van der Waals surface area contributed by atoms with Gasteiger partial charge in [0.05, 0.1) is 6.54 Å². The molecule has 1 N–H and O–H groups in total. The van der Waals surface area contributed by atoms with Crippen molar-refractivity contribution in [3.63, 3.8) is 0 Å². The highest BCUT2D eigenvalue weighted by Gasteiger charge is 2.19. The van der Waals surface area contributed by atoms with Crippen LogP contribution in [0.5, 0.6) is 0 Å². The number of anilines is 1. The van der Waals surface area contributed by atoms with Crippen LogP contribution >= 0.6 is 0 Å². The topological polar surface area (TPSA) is 53.2 Å². The molecule has 0 radical (unpaired) electrons. The van der Waals surface area contributed by atoms with Gasteiger partial charge in [0.1, 0.15) is 0 Å². The third kappa shape index (κ3) is 3.95. The first-order valence-corrected chi connectivity index (χ1v) is 9.40. The van der Waals surface area contributed by atoms with E-state index >= 15 is 0 Å². The van der Waals surface area contributed by atoms with Crippen LogP contribution in [0.25, 0.3) is 10.9 Å². The highest BCUT2D eigenvalue weighted by Crippen LogP contribution is 2.25. The third-order valence-corrected chi connectivity index (χ3v) is 5.04. The summed E-state index contributed by atoms with van der Waals surface area (Å²) in [6.07, 6.45) is 1.23. The number of carbonyl (C=O) groups is 1. The number of pyridine rings is 1. The number of carbonyl (C=O) groups excluding carboxylic acids is 1. The van der Waals surface area contributed by atoms with E-state index in [4.69, 9.17) is 0 Å². The summed E-state index contributed by atoms with van der Waals surface area (Å²) in [6, 6.07) is 13.8. The molecule has 4 heteroatoms. The molecule has 1 aromatic heterocycles. The molecule has 4 nitrogen and oxygen atoms in total. The lowest BCUT2D eigenvalue weighted by atomic mass is 10.1. The maximum atomic E-state index is 12.8. The van der Waals surface area contributed by atoms with E-state index in [1.807, 2.05) is 70.2 Å². The maximum Gasteiger partial charge on any atom is 0.253 e. The predicted molar refractivity (Wildman–Crippen MR) is 111 cm³/mol. The van der Waals surface area contributed by atoms with Gasteiger partial charge in [0.25, 0.3) is 5.56 Å². The fourth-order valence-corrected chi connectivity index (χ4v) is 3.33. The van der Waals surface area contributed by atoms with Crippen molar-refractivity contribution in [1.29, 1.82) is 0 Å². The van der Waals surface area contributed by atoms with Crippen LogP contribution in [-0.4, -0.2) is 10.9 Å². The largest absolute Gasteiger partial charge is 0.322 e. The molecule has 3 rings (SSSR count). The van der Waals surface area contributed by atoms with Crippen molar-refractivity contribution in [2.75, 3.05) is 4.90 Å². The van der Waals surface area contributed by atoms with Gasteiger partial charge >= 0.3 is 0 Å². The highest BCUT2D eigenvalue weighted by atomic mass is 16.2. The number of hydrogen-bond acceptors (Lipinski definition) is 2. The molecule has 27 heavy (non-hydrogen) atoms. The van der Waals surface area contributed by atoms with Gasteiger partial charge in [0, 0.05) is 23.2 Å². The Hall–Kier alpha value is -2.88. The van der Waals surface area contributed by atoms with E-state index in [-0.39, 0.29) is 18.0 Å². The van der Waals surface area contributed by atoms with Crippen molar-refractivity contribution in [3.8, 4) is 0 Å². The number of aryl methyl sites for hydroxylation is 2. The van der Waals surface area contributed by atoms with Crippen LogP contribution in [0.1, 0.15) is 42.0 Å². The van der Waals surface area contributed by atoms with E-state index < -0.39 is 0 Å². The highest BCUT2D eigenvalue weighted by molar-refractivity contribution is 5.94. The Bertz CT molecular complexity index is 1050. The number of fused-ring (bicyclic) bond motifs is 1. The SMILES string of the molecule is CCCC(=O)N(Cc1cc2ccc(C)cc2[nH]c1=O)c1cccc(C)c1C. The standard InChI is InChI=1S/C23H26N2O2/c1-5-7-22(26)25(21-9-6-8-16(3)17(21)4)14-19-13-18-11-10-15(2)12-20(18)24-23(19)27/h6,8-13H,5,7,14H2,1-4H3,(H,24,27). The van der Waals surface area contributed by atoms with Gasteiger partial charge in [-0.1, -0.05) is 31.2 Å². The van der Waals surface area contributed by atoms with Gasteiger partial charge < -0.3 is 9.88 Å². The number of amides is 1. The van der Waals surface area contributed by atoms with Crippen LogP contribution in [0.2, 0.25) is 0 Å². The number of nitrogens with zero attached hydrogens (tertiary/aromatic N) is 1. The molecule has 1 amide bonds. The first-order chi connectivity index (χ1) is 12.9. The minimum absolute atomic E-state index is 0.0367. The van der Waals surface area contributed by atoms with Gasteiger partial charge in [-0.2, -0.15) is 0 Å². The average Bonchev–Trinajstić information content (AvgIpc) is 2.63. The van der Waals surface area contributed by atoms with E-state index in [2.05, 4.69) is 4.98 Å². The fraction of sp³-hybridized carbons (Fsp3) is 0.304. The number of aromatic nitrogens is 1. The first kappa shape index (κ1) is 18.9. The Kier molecular flexibility index (Phi) is 5.45. The molecule has 2 aromatic carbocycles. The van der Waals surface area contributed by atoms with E-state index in [9.17, 15) is 9.59 Å². The summed E-state index contributed by atoms with van der Waals surface area (Å²) in [6.45, 7) is 8.31. The molecule has 0 aliphatic carbocycles. The summed E-state index contributed by atoms with van der Waals surface area (Å²) < 4.78 is 0. The Morgan fingerprint density at radius 2 is 1.85 bits per heavy atom. The molecule has 0 spiro atoms. The second kappa shape index (κ2) is 7.78. The molecular weight excluding hydrogens is 336 g/mol. The normalized spacial score (nSPS) is 11.0. The van der Waals surface area contributed by atoms with Crippen molar-refractivity contribution < 1.29 is 4.79 Å². The van der Waals surface area contributed by atoms with E-state index in [1.165, 1.54) is 0 Å². The summed E-state index contributed by atoms with van der Waals surface area (Å²) >= 11 is 0. The van der Waals surface area contributed by atoms with E-state index in [0.717, 1.165) is 39.7 Å². The molecule has 0 unspecified atom stereocenters. The molecule has 1 heterocycles. The molecule has 140 valence electrons. The average molecular weight is 362 g/mol. The van der Waals surface area contributed by atoms with Gasteiger partial charge in [0.15, 0.2) is 0 Å². The quantitative estimate of drug-likeness (QED) is 0.710. The zero-order chi connectivity index (χ0) is 19.6. The molecule has 3 aromatic rings. The Labute approximate surface area is 159 Å².